The van der Waals surface area contributed by atoms with Gasteiger partial charge in [-0.15, -0.1) is 0 Å². The molecule has 1 aliphatic carbocycles. The molecule has 0 saturated heterocycles. The Labute approximate surface area is 118 Å². The number of hydrogen-bond acceptors (Lipinski definition) is 3. The molecule has 0 aromatic heterocycles. The fourth-order valence-corrected chi connectivity index (χ4v) is 4.88. The molecular weight excluding hydrogens is 260 g/mol. The minimum absolute atomic E-state index is 0.344. The first-order valence-corrected chi connectivity index (χ1v) is 9.06. The minimum atomic E-state index is -3.23. The first-order valence-electron chi connectivity index (χ1n) is 7.55. The van der Waals surface area contributed by atoms with E-state index in [9.17, 15) is 8.42 Å². The maximum Gasteiger partial charge on any atom is 0.216 e. The fourth-order valence-electron chi connectivity index (χ4n) is 3.22. The summed E-state index contributed by atoms with van der Waals surface area (Å²) < 4.78 is 26.8. The van der Waals surface area contributed by atoms with Crippen molar-refractivity contribution >= 4 is 10.0 Å². The number of sulfonamides is 1. The van der Waals surface area contributed by atoms with Gasteiger partial charge < -0.3 is 5.73 Å². The third-order valence-electron chi connectivity index (χ3n) is 4.71. The summed E-state index contributed by atoms with van der Waals surface area (Å²) in [6.07, 6.45) is 5.18. The Balaban J connectivity index is 3.00. The Bertz CT molecular complexity index is 371. The number of nitrogens with two attached hydrogens (primary N) is 1. The molecule has 0 amide bonds. The Morgan fingerprint density at radius 2 is 1.79 bits per heavy atom. The Morgan fingerprint density at radius 3 is 2.11 bits per heavy atom. The van der Waals surface area contributed by atoms with Gasteiger partial charge in [-0.3, -0.25) is 0 Å². The van der Waals surface area contributed by atoms with Crippen LogP contribution >= 0.6 is 0 Å². The molecule has 1 saturated carbocycles. The van der Waals surface area contributed by atoms with Crippen molar-refractivity contribution in [2.75, 3.05) is 13.1 Å². The highest BCUT2D eigenvalue weighted by Crippen LogP contribution is 2.39. The van der Waals surface area contributed by atoms with E-state index >= 15 is 0 Å². The van der Waals surface area contributed by atoms with Gasteiger partial charge in [-0.05, 0) is 45.4 Å². The van der Waals surface area contributed by atoms with Crippen molar-refractivity contribution in [1.29, 1.82) is 0 Å². The second-order valence-corrected chi connectivity index (χ2v) is 8.45. The molecule has 19 heavy (non-hydrogen) atoms. The van der Waals surface area contributed by atoms with Crippen LogP contribution in [0.4, 0.5) is 0 Å². The van der Waals surface area contributed by atoms with Gasteiger partial charge in [-0.25, -0.2) is 8.42 Å². The summed E-state index contributed by atoms with van der Waals surface area (Å²) in [5.74, 6) is 0.736. The monoisotopic (exact) mass is 290 g/mol. The van der Waals surface area contributed by atoms with Gasteiger partial charge in [0.15, 0.2) is 0 Å². The summed E-state index contributed by atoms with van der Waals surface area (Å²) in [5.41, 5.74) is 5.65. The van der Waals surface area contributed by atoms with Gasteiger partial charge in [-0.2, -0.15) is 4.31 Å². The maximum atomic E-state index is 12.5. The Kier molecular flexibility index (Phi) is 5.83. The molecule has 0 spiro atoms. The van der Waals surface area contributed by atoms with E-state index in [0.29, 0.717) is 13.1 Å². The molecule has 0 unspecified atom stereocenters. The lowest BCUT2D eigenvalue weighted by atomic mass is 9.75. The molecular formula is C14H30N2O2S. The van der Waals surface area contributed by atoms with E-state index in [1.54, 1.807) is 18.2 Å². The first-order chi connectivity index (χ1) is 8.84. The molecule has 0 aromatic carbocycles. The molecule has 0 radical (unpaired) electrons. The van der Waals surface area contributed by atoms with Crippen molar-refractivity contribution in [3.63, 3.8) is 0 Å². The highest BCUT2D eigenvalue weighted by atomic mass is 32.2. The molecule has 2 N–H and O–H groups in total. The molecule has 1 fully saturated rings. The largest absolute Gasteiger partial charge is 0.329 e. The highest BCUT2D eigenvalue weighted by molar-refractivity contribution is 7.89. The number of nitrogens with zero attached hydrogens (tertiary/aromatic N) is 1. The van der Waals surface area contributed by atoms with Crippen LogP contribution < -0.4 is 5.73 Å². The third-order valence-corrected chi connectivity index (χ3v) is 7.16. The zero-order chi connectivity index (χ0) is 14.7. The molecule has 0 atom stereocenters. The SMILES string of the molecule is CCC1CCC(CN)(N(CC)S(=O)(=O)C(C)C)CC1. The average Bonchev–Trinajstić information content (AvgIpc) is 2.39. The van der Waals surface area contributed by atoms with Crippen LogP contribution in [0.5, 0.6) is 0 Å². The third kappa shape index (κ3) is 3.31. The lowest BCUT2D eigenvalue weighted by molar-refractivity contribution is 0.113. The van der Waals surface area contributed by atoms with E-state index in [4.69, 9.17) is 5.73 Å². The van der Waals surface area contributed by atoms with Crippen LogP contribution in [0.1, 0.15) is 59.8 Å². The molecule has 0 aromatic rings. The minimum Gasteiger partial charge on any atom is -0.329 e. The first kappa shape index (κ1) is 16.9. The zero-order valence-electron chi connectivity index (χ0n) is 12.9. The van der Waals surface area contributed by atoms with Gasteiger partial charge in [0.25, 0.3) is 0 Å². The van der Waals surface area contributed by atoms with Gasteiger partial charge in [0.2, 0.25) is 10.0 Å². The van der Waals surface area contributed by atoms with Crippen LogP contribution in [0.3, 0.4) is 0 Å². The molecule has 0 bridgehead atoms. The van der Waals surface area contributed by atoms with Crippen molar-refractivity contribution < 1.29 is 8.42 Å². The van der Waals surface area contributed by atoms with Crippen LogP contribution in [-0.2, 0) is 10.0 Å². The summed E-state index contributed by atoms with van der Waals surface area (Å²) in [5, 5.41) is -0.375. The van der Waals surface area contributed by atoms with E-state index in [0.717, 1.165) is 31.6 Å². The number of likely N-dealkylation sites (N-methyl/N-ethyl adjacent to an activating group) is 1. The molecule has 0 aliphatic heterocycles. The molecule has 0 heterocycles. The lowest BCUT2D eigenvalue weighted by Gasteiger charge is -2.46. The maximum absolute atomic E-state index is 12.5. The van der Waals surface area contributed by atoms with Gasteiger partial charge in [0.05, 0.1) is 5.25 Å². The summed E-state index contributed by atoms with van der Waals surface area (Å²) in [6, 6.07) is 0. The van der Waals surface area contributed by atoms with Gasteiger partial charge in [0.1, 0.15) is 0 Å². The molecule has 114 valence electrons. The normalized spacial score (nSPS) is 29.1. The van der Waals surface area contributed by atoms with Crippen LogP contribution in [0.25, 0.3) is 0 Å². The van der Waals surface area contributed by atoms with Gasteiger partial charge in [0, 0.05) is 18.6 Å². The lowest BCUT2D eigenvalue weighted by Crippen LogP contribution is -2.59. The zero-order valence-corrected chi connectivity index (χ0v) is 13.7. The van der Waals surface area contributed by atoms with Crippen LogP contribution in [0, 0.1) is 5.92 Å². The van der Waals surface area contributed by atoms with Crippen molar-refractivity contribution in [2.45, 2.75) is 70.6 Å². The Hall–Kier alpha value is -0.130. The summed E-state index contributed by atoms with van der Waals surface area (Å²) in [7, 11) is -3.23. The summed E-state index contributed by atoms with van der Waals surface area (Å²) in [6.45, 7) is 8.59. The Morgan fingerprint density at radius 1 is 1.26 bits per heavy atom. The quantitative estimate of drug-likeness (QED) is 0.816. The summed E-state index contributed by atoms with van der Waals surface area (Å²) >= 11 is 0. The van der Waals surface area contributed by atoms with Crippen molar-refractivity contribution in [3.8, 4) is 0 Å². The van der Waals surface area contributed by atoms with E-state index in [-0.39, 0.29) is 10.8 Å². The topological polar surface area (TPSA) is 63.4 Å². The molecule has 4 nitrogen and oxygen atoms in total. The van der Waals surface area contributed by atoms with Crippen molar-refractivity contribution in [1.82, 2.24) is 4.31 Å². The predicted molar refractivity (Wildman–Crippen MR) is 80.5 cm³/mol. The molecule has 1 rings (SSSR count). The van der Waals surface area contributed by atoms with E-state index < -0.39 is 10.0 Å². The van der Waals surface area contributed by atoms with E-state index in [1.807, 2.05) is 6.92 Å². The van der Waals surface area contributed by atoms with E-state index in [2.05, 4.69) is 6.92 Å². The van der Waals surface area contributed by atoms with Crippen molar-refractivity contribution in [3.05, 3.63) is 0 Å². The van der Waals surface area contributed by atoms with Crippen molar-refractivity contribution in [2.24, 2.45) is 11.7 Å². The molecule has 1 aliphatic rings. The second-order valence-electron chi connectivity index (χ2n) is 6.04. The predicted octanol–water partition coefficient (Wildman–Crippen LogP) is 2.34. The standard InChI is InChI=1S/C14H30N2O2S/c1-5-13-7-9-14(11-15,10-8-13)16(6-2)19(17,18)12(3)4/h12-13H,5-11,15H2,1-4H3. The fraction of sp³-hybridized carbons (Fsp3) is 1.00. The second kappa shape index (κ2) is 6.55. The highest BCUT2D eigenvalue weighted by Gasteiger charge is 2.44. The smallest absolute Gasteiger partial charge is 0.216 e. The number of hydrogen-bond donors (Lipinski definition) is 1. The summed E-state index contributed by atoms with van der Waals surface area (Å²) in [4.78, 5) is 0. The van der Waals surface area contributed by atoms with Gasteiger partial charge >= 0.3 is 0 Å². The van der Waals surface area contributed by atoms with Gasteiger partial charge in [-0.1, -0.05) is 20.3 Å². The van der Waals surface area contributed by atoms with Crippen LogP contribution in [0.2, 0.25) is 0 Å². The molecule has 5 heteroatoms. The number of rotatable bonds is 6. The van der Waals surface area contributed by atoms with Crippen LogP contribution in [0.15, 0.2) is 0 Å². The van der Waals surface area contributed by atoms with Crippen LogP contribution in [-0.4, -0.2) is 36.6 Å². The average molecular weight is 290 g/mol. The van der Waals surface area contributed by atoms with E-state index in [1.165, 1.54) is 6.42 Å².